The Morgan fingerprint density at radius 3 is 2.65 bits per heavy atom. The van der Waals surface area contributed by atoms with Crippen LogP contribution in [-0.4, -0.2) is 35.2 Å². The standard InChI is InChI=1S/C14H14F3N3O3/c1-20(13(21)12-19-18-11(23-12)8-22-2)7-9-5-3-4-6-10(9)14(15,16)17/h3-6H,7-8H2,1-2H3. The Balaban J connectivity index is 2.15. The van der Waals surface area contributed by atoms with E-state index in [2.05, 4.69) is 10.2 Å². The maximum atomic E-state index is 13.0. The van der Waals surface area contributed by atoms with Gasteiger partial charge in [-0.3, -0.25) is 4.79 Å². The SMILES string of the molecule is COCc1nnc(C(=O)N(C)Cc2ccccc2C(F)(F)F)o1. The van der Waals surface area contributed by atoms with Crippen LogP contribution in [0.2, 0.25) is 0 Å². The predicted octanol–water partition coefficient (Wildman–Crippen LogP) is 2.51. The molecule has 0 unspecified atom stereocenters. The molecule has 0 N–H and O–H groups in total. The van der Waals surface area contributed by atoms with Crippen molar-refractivity contribution in [3.63, 3.8) is 0 Å². The largest absolute Gasteiger partial charge is 0.416 e. The first-order chi connectivity index (χ1) is 10.8. The van der Waals surface area contributed by atoms with Crippen LogP contribution in [0.1, 0.15) is 27.7 Å². The fraction of sp³-hybridized carbons (Fsp3) is 0.357. The molecule has 0 fully saturated rings. The summed E-state index contributed by atoms with van der Waals surface area (Å²) >= 11 is 0. The summed E-state index contributed by atoms with van der Waals surface area (Å²) in [6.45, 7) is -0.197. The maximum absolute atomic E-state index is 13.0. The summed E-state index contributed by atoms with van der Waals surface area (Å²) in [6.07, 6.45) is -4.49. The van der Waals surface area contributed by atoms with Crippen molar-refractivity contribution in [1.82, 2.24) is 15.1 Å². The van der Waals surface area contributed by atoms with E-state index in [4.69, 9.17) is 9.15 Å². The summed E-state index contributed by atoms with van der Waals surface area (Å²) in [4.78, 5) is 13.2. The lowest BCUT2D eigenvalue weighted by Gasteiger charge is -2.18. The molecule has 1 heterocycles. The van der Waals surface area contributed by atoms with Crippen LogP contribution in [0.25, 0.3) is 0 Å². The highest BCUT2D eigenvalue weighted by molar-refractivity contribution is 5.89. The molecule has 23 heavy (non-hydrogen) atoms. The number of amides is 1. The zero-order valence-corrected chi connectivity index (χ0v) is 12.4. The summed E-state index contributed by atoms with van der Waals surface area (Å²) in [5, 5.41) is 7.16. The number of aromatic nitrogens is 2. The van der Waals surface area contributed by atoms with Crippen LogP contribution >= 0.6 is 0 Å². The van der Waals surface area contributed by atoms with Gasteiger partial charge < -0.3 is 14.1 Å². The highest BCUT2D eigenvalue weighted by Crippen LogP contribution is 2.32. The number of benzene rings is 1. The van der Waals surface area contributed by atoms with Gasteiger partial charge in [0.2, 0.25) is 5.89 Å². The van der Waals surface area contributed by atoms with Gasteiger partial charge in [-0.15, -0.1) is 10.2 Å². The number of ether oxygens (including phenoxy) is 1. The molecule has 1 aromatic heterocycles. The average Bonchev–Trinajstić information content (AvgIpc) is 2.95. The molecule has 2 rings (SSSR count). The molecule has 2 aromatic rings. The lowest BCUT2D eigenvalue weighted by Crippen LogP contribution is -2.27. The van der Waals surface area contributed by atoms with Crippen LogP contribution in [0.5, 0.6) is 0 Å². The Bertz CT molecular complexity index is 685. The van der Waals surface area contributed by atoms with Crippen molar-refractivity contribution >= 4 is 5.91 Å². The maximum Gasteiger partial charge on any atom is 0.416 e. The van der Waals surface area contributed by atoms with Crippen molar-refractivity contribution in [3.8, 4) is 0 Å². The third kappa shape index (κ3) is 4.07. The molecule has 1 amide bonds. The summed E-state index contributed by atoms with van der Waals surface area (Å²) in [7, 11) is 2.78. The van der Waals surface area contributed by atoms with Gasteiger partial charge in [-0.1, -0.05) is 18.2 Å². The van der Waals surface area contributed by atoms with Gasteiger partial charge in [0.15, 0.2) is 0 Å². The fourth-order valence-electron chi connectivity index (χ4n) is 1.95. The Kier molecular flexibility index (Phi) is 4.99. The summed E-state index contributed by atoms with van der Waals surface area (Å²) in [6, 6.07) is 5.06. The molecular formula is C14H14F3N3O3. The topological polar surface area (TPSA) is 68.5 Å². The summed E-state index contributed by atoms with van der Waals surface area (Å²) in [5.41, 5.74) is -0.808. The number of rotatable bonds is 5. The lowest BCUT2D eigenvalue weighted by molar-refractivity contribution is -0.138. The first-order valence-corrected chi connectivity index (χ1v) is 6.54. The van der Waals surface area contributed by atoms with Crippen LogP contribution in [-0.2, 0) is 24.1 Å². The Morgan fingerprint density at radius 2 is 2.00 bits per heavy atom. The van der Waals surface area contributed by atoms with E-state index in [9.17, 15) is 18.0 Å². The minimum absolute atomic E-state index is 0.0209. The average molecular weight is 329 g/mol. The first kappa shape index (κ1) is 16.9. The van der Waals surface area contributed by atoms with Gasteiger partial charge in [-0.05, 0) is 11.6 Å². The molecule has 0 saturated carbocycles. The second-order valence-electron chi connectivity index (χ2n) is 4.75. The quantitative estimate of drug-likeness (QED) is 0.843. The van der Waals surface area contributed by atoms with Gasteiger partial charge in [-0.2, -0.15) is 13.2 Å². The molecule has 0 bridgehead atoms. The number of nitrogens with zero attached hydrogens (tertiary/aromatic N) is 3. The van der Waals surface area contributed by atoms with E-state index >= 15 is 0 Å². The number of carbonyl (C=O) groups excluding carboxylic acids is 1. The molecule has 0 aliphatic heterocycles. The minimum Gasteiger partial charge on any atom is -0.414 e. The second kappa shape index (κ2) is 6.78. The molecule has 124 valence electrons. The van der Waals surface area contributed by atoms with E-state index in [1.54, 1.807) is 0 Å². The van der Waals surface area contributed by atoms with Gasteiger partial charge in [0, 0.05) is 20.7 Å². The fourth-order valence-corrected chi connectivity index (χ4v) is 1.95. The number of hydrogen-bond donors (Lipinski definition) is 0. The van der Waals surface area contributed by atoms with E-state index in [0.29, 0.717) is 0 Å². The van der Waals surface area contributed by atoms with E-state index in [-0.39, 0.29) is 30.5 Å². The monoisotopic (exact) mass is 329 g/mol. The molecule has 0 aliphatic rings. The normalized spacial score (nSPS) is 11.5. The van der Waals surface area contributed by atoms with Crippen molar-refractivity contribution < 1.29 is 27.1 Å². The van der Waals surface area contributed by atoms with Crippen molar-refractivity contribution in [1.29, 1.82) is 0 Å². The molecule has 0 saturated heterocycles. The van der Waals surface area contributed by atoms with Crippen molar-refractivity contribution in [3.05, 3.63) is 47.2 Å². The molecule has 0 spiro atoms. The molecule has 0 aliphatic carbocycles. The molecular weight excluding hydrogens is 315 g/mol. The van der Waals surface area contributed by atoms with Crippen molar-refractivity contribution in [2.75, 3.05) is 14.2 Å². The minimum atomic E-state index is -4.49. The number of halogens is 3. The smallest absolute Gasteiger partial charge is 0.414 e. The second-order valence-corrected chi connectivity index (χ2v) is 4.75. The van der Waals surface area contributed by atoms with Gasteiger partial charge in [0.1, 0.15) is 6.61 Å². The number of hydrogen-bond acceptors (Lipinski definition) is 5. The zero-order valence-electron chi connectivity index (χ0n) is 12.4. The van der Waals surface area contributed by atoms with Gasteiger partial charge >= 0.3 is 18.0 Å². The van der Waals surface area contributed by atoms with Gasteiger partial charge in [0.05, 0.1) is 5.56 Å². The molecule has 1 aromatic carbocycles. The highest BCUT2D eigenvalue weighted by Gasteiger charge is 2.33. The van der Waals surface area contributed by atoms with Gasteiger partial charge in [0.25, 0.3) is 0 Å². The zero-order chi connectivity index (χ0) is 17.0. The van der Waals surface area contributed by atoms with Crippen molar-refractivity contribution in [2.45, 2.75) is 19.3 Å². The highest BCUT2D eigenvalue weighted by atomic mass is 19.4. The van der Waals surface area contributed by atoms with Crippen LogP contribution in [0, 0.1) is 0 Å². The third-order valence-corrected chi connectivity index (χ3v) is 2.99. The number of alkyl halides is 3. The molecule has 0 atom stereocenters. The molecule has 6 nitrogen and oxygen atoms in total. The summed E-state index contributed by atoms with van der Waals surface area (Å²) < 4.78 is 48.7. The van der Waals surface area contributed by atoms with Crippen molar-refractivity contribution in [2.24, 2.45) is 0 Å². The van der Waals surface area contributed by atoms with E-state index < -0.39 is 17.6 Å². The number of carbonyl (C=O) groups is 1. The Labute approximate surface area is 129 Å². The van der Waals surface area contributed by atoms with E-state index in [1.165, 1.54) is 32.4 Å². The van der Waals surface area contributed by atoms with Crippen LogP contribution in [0.15, 0.2) is 28.7 Å². The predicted molar refractivity (Wildman–Crippen MR) is 72.3 cm³/mol. The van der Waals surface area contributed by atoms with E-state index in [1.807, 2.05) is 0 Å². The summed E-state index contributed by atoms with van der Waals surface area (Å²) in [5.74, 6) is -0.860. The first-order valence-electron chi connectivity index (χ1n) is 6.54. The van der Waals surface area contributed by atoms with Crippen LogP contribution < -0.4 is 0 Å². The Hall–Kier alpha value is -2.42. The Morgan fingerprint density at radius 1 is 1.30 bits per heavy atom. The molecule has 9 heteroatoms. The van der Waals surface area contributed by atoms with E-state index in [0.717, 1.165) is 11.0 Å². The molecule has 0 radical (unpaired) electrons. The number of methoxy groups -OCH3 is 1. The van der Waals surface area contributed by atoms with Crippen LogP contribution in [0.4, 0.5) is 13.2 Å². The van der Waals surface area contributed by atoms with Gasteiger partial charge in [-0.25, -0.2) is 0 Å². The third-order valence-electron chi connectivity index (χ3n) is 2.99. The lowest BCUT2D eigenvalue weighted by atomic mass is 10.1. The van der Waals surface area contributed by atoms with Crippen LogP contribution in [0.3, 0.4) is 0 Å².